The van der Waals surface area contributed by atoms with Gasteiger partial charge in [-0.05, 0) is 50.2 Å². The lowest BCUT2D eigenvalue weighted by atomic mass is 10.1. The summed E-state index contributed by atoms with van der Waals surface area (Å²) in [6, 6.07) is 10.8. The molecule has 1 amide bonds. The largest absolute Gasteiger partial charge is 0.478 e. The van der Waals surface area contributed by atoms with Crippen LogP contribution in [0.25, 0.3) is 20.9 Å². The van der Waals surface area contributed by atoms with E-state index in [0.717, 1.165) is 15.4 Å². The van der Waals surface area contributed by atoms with E-state index >= 15 is 0 Å². The zero-order valence-electron chi connectivity index (χ0n) is 19.3. The first kappa shape index (κ1) is 23.3. The van der Waals surface area contributed by atoms with Gasteiger partial charge in [-0.15, -0.1) is 0 Å². The number of hydrogen-bond donors (Lipinski definition) is 1. The maximum absolute atomic E-state index is 13.3. The van der Waals surface area contributed by atoms with E-state index < -0.39 is 5.60 Å². The molecule has 0 atom stereocenters. The summed E-state index contributed by atoms with van der Waals surface area (Å²) in [6.07, 6.45) is 3.50. The van der Waals surface area contributed by atoms with Crippen LogP contribution in [0.3, 0.4) is 0 Å². The maximum atomic E-state index is 13.3. The van der Waals surface area contributed by atoms with Crippen LogP contribution < -0.4 is 15.4 Å². The number of carbonyl (C=O) groups is 1. The number of rotatable bonds is 5. The second-order valence-electron chi connectivity index (χ2n) is 8.67. The van der Waals surface area contributed by atoms with Crippen molar-refractivity contribution in [3.8, 4) is 16.3 Å². The Hall–Kier alpha value is -3.50. The summed E-state index contributed by atoms with van der Waals surface area (Å²) in [5.41, 5.74) is 6.62. The lowest BCUT2D eigenvalue weighted by Crippen LogP contribution is -2.56. The van der Waals surface area contributed by atoms with E-state index in [0.29, 0.717) is 48.3 Å². The van der Waals surface area contributed by atoms with Crippen LogP contribution in [-0.2, 0) is 4.79 Å². The highest BCUT2D eigenvalue weighted by Gasteiger charge is 2.36. The van der Waals surface area contributed by atoms with Crippen molar-refractivity contribution in [2.75, 3.05) is 36.8 Å². The Kier molecular flexibility index (Phi) is 6.16. The minimum Gasteiger partial charge on any atom is -0.478 e. The molecule has 0 unspecified atom stereocenters. The summed E-state index contributed by atoms with van der Waals surface area (Å²) in [5.74, 6) is 1.40. The number of aromatic nitrogens is 4. The molecule has 1 aliphatic rings. The zero-order chi connectivity index (χ0) is 24.6. The van der Waals surface area contributed by atoms with Gasteiger partial charge < -0.3 is 20.3 Å². The third-order valence-corrected chi connectivity index (χ3v) is 6.98. The molecule has 4 heterocycles. The van der Waals surface area contributed by atoms with Gasteiger partial charge in [0.2, 0.25) is 5.95 Å². The fraction of sp³-hybridized carbons (Fsp3) is 0.292. The van der Waals surface area contributed by atoms with Gasteiger partial charge in [-0.2, -0.15) is 4.98 Å². The second kappa shape index (κ2) is 9.27. The molecule has 4 aromatic rings. The van der Waals surface area contributed by atoms with Crippen molar-refractivity contribution < 1.29 is 9.53 Å². The lowest BCUT2D eigenvalue weighted by Gasteiger charge is -2.39. The standard InChI is InChI=1S/C24H24ClN7O2S/c1-24(2,34-17-7-5-16(25)6-8-17)22(33)32-12-10-31(11-13-32)19-18-21(30-23(26)29-19)35-20(28-18)15-4-3-9-27-14-15/h3-9,14H,10-13H2,1-2H3,(H2,26,29,30). The van der Waals surface area contributed by atoms with E-state index in [1.54, 1.807) is 50.5 Å². The van der Waals surface area contributed by atoms with E-state index in [9.17, 15) is 4.79 Å². The molecular weight excluding hydrogens is 486 g/mol. The van der Waals surface area contributed by atoms with Crippen LogP contribution in [-0.4, -0.2) is 62.5 Å². The number of carbonyl (C=O) groups excluding carboxylic acids is 1. The number of anilines is 2. The number of amides is 1. The first-order chi connectivity index (χ1) is 16.8. The first-order valence-corrected chi connectivity index (χ1v) is 12.3. The van der Waals surface area contributed by atoms with Gasteiger partial charge in [0.05, 0.1) is 0 Å². The van der Waals surface area contributed by atoms with Crippen molar-refractivity contribution in [2.45, 2.75) is 19.4 Å². The predicted molar refractivity (Wildman–Crippen MR) is 138 cm³/mol. The van der Waals surface area contributed by atoms with Gasteiger partial charge in [0.15, 0.2) is 16.2 Å². The Labute approximate surface area is 211 Å². The molecule has 35 heavy (non-hydrogen) atoms. The number of benzene rings is 1. The molecule has 180 valence electrons. The summed E-state index contributed by atoms with van der Waals surface area (Å²) < 4.78 is 5.99. The molecule has 3 aromatic heterocycles. The van der Waals surface area contributed by atoms with Gasteiger partial charge >= 0.3 is 0 Å². The number of thiazole rings is 1. The van der Waals surface area contributed by atoms with Crippen LogP contribution in [0.15, 0.2) is 48.8 Å². The summed E-state index contributed by atoms with van der Waals surface area (Å²) in [4.78, 5) is 35.7. The summed E-state index contributed by atoms with van der Waals surface area (Å²) >= 11 is 7.41. The number of piperazine rings is 1. The van der Waals surface area contributed by atoms with E-state index in [4.69, 9.17) is 27.1 Å². The van der Waals surface area contributed by atoms with Crippen molar-refractivity contribution in [1.29, 1.82) is 0 Å². The fourth-order valence-corrected chi connectivity index (χ4v) is 5.06. The second-order valence-corrected chi connectivity index (χ2v) is 10.1. The fourth-order valence-electron chi connectivity index (χ4n) is 4.00. The Bertz CT molecular complexity index is 1350. The highest BCUT2D eigenvalue weighted by atomic mass is 35.5. The molecular formula is C24H24ClN7O2S. The molecule has 1 saturated heterocycles. The molecule has 1 aromatic carbocycles. The summed E-state index contributed by atoms with van der Waals surface area (Å²) in [6.45, 7) is 5.79. The highest BCUT2D eigenvalue weighted by molar-refractivity contribution is 7.21. The van der Waals surface area contributed by atoms with E-state index in [1.165, 1.54) is 11.3 Å². The van der Waals surface area contributed by atoms with Crippen molar-refractivity contribution in [3.63, 3.8) is 0 Å². The van der Waals surface area contributed by atoms with Crippen molar-refractivity contribution >= 4 is 51.0 Å². The molecule has 5 rings (SSSR count). The number of halogens is 1. The Morgan fingerprint density at radius 1 is 1.09 bits per heavy atom. The normalized spacial score (nSPS) is 14.4. The van der Waals surface area contributed by atoms with E-state index in [2.05, 4.69) is 19.9 Å². The topological polar surface area (TPSA) is 110 Å². The lowest BCUT2D eigenvalue weighted by molar-refractivity contribution is -0.145. The molecule has 0 aliphatic carbocycles. The molecule has 1 aliphatic heterocycles. The average Bonchev–Trinajstić information content (AvgIpc) is 3.29. The van der Waals surface area contributed by atoms with Crippen LogP contribution in [0.2, 0.25) is 5.02 Å². The van der Waals surface area contributed by atoms with Gasteiger partial charge in [0.25, 0.3) is 5.91 Å². The third-order valence-electron chi connectivity index (χ3n) is 5.73. The van der Waals surface area contributed by atoms with Crippen LogP contribution in [0.5, 0.6) is 5.75 Å². The zero-order valence-corrected chi connectivity index (χ0v) is 20.9. The van der Waals surface area contributed by atoms with E-state index in [-0.39, 0.29) is 11.9 Å². The smallest absolute Gasteiger partial charge is 0.266 e. The van der Waals surface area contributed by atoms with E-state index in [1.807, 2.05) is 17.0 Å². The Balaban J connectivity index is 1.31. The quantitative estimate of drug-likeness (QED) is 0.431. The summed E-state index contributed by atoms with van der Waals surface area (Å²) in [7, 11) is 0. The molecule has 11 heteroatoms. The van der Waals surface area contributed by atoms with Crippen LogP contribution >= 0.6 is 22.9 Å². The average molecular weight is 510 g/mol. The van der Waals surface area contributed by atoms with Crippen molar-refractivity contribution in [3.05, 3.63) is 53.8 Å². The minimum absolute atomic E-state index is 0.0769. The number of pyridine rings is 1. The molecule has 0 spiro atoms. The van der Waals surface area contributed by atoms with Crippen molar-refractivity contribution in [1.82, 2.24) is 24.8 Å². The maximum Gasteiger partial charge on any atom is 0.266 e. The highest BCUT2D eigenvalue weighted by Crippen LogP contribution is 2.34. The number of ether oxygens (including phenoxy) is 1. The summed E-state index contributed by atoms with van der Waals surface area (Å²) in [5, 5.41) is 1.42. The number of nitrogen functional groups attached to an aromatic ring is 1. The number of hydrogen-bond acceptors (Lipinski definition) is 9. The van der Waals surface area contributed by atoms with Gasteiger partial charge in [0, 0.05) is 49.2 Å². The molecule has 9 nitrogen and oxygen atoms in total. The molecule has 1 fully saturated rings. The Morgan fingerprint density at radius 3 is 2.51 bits per heavy atom. The number of nitrogens with zero attached hydrogens (tertiary/aromatic N) is 6. The number of fused-ring (bicyclic) bond motifs is 1. The monoisotopic (exact) mass is 509 g/mol. The molecule has 0 radical (unpaired) electrons. The SMILES string of the molecule is CC(C)(Oc1ccc(Cl)cc1)C(=O)N1CCN(c2nc(N)nc3sc(-c4cccnc4)nc23)CC1. The Morgan fingerprint density at radius 2 is 1.83 bits per heavy atom. The number of nitrogens with two attached hydrogens (primary N) is 1. The first-order valence-electron chi connectivity index (χ1n) is 11.1. The van der Waals surface area contributed by atoms with Gasteiger partial charge in [-0.1, -0.05) is 22.9 Å². The predicted octanol–water partition coefficient (Wildman–Crippen LogP) is 3.89. The van der Waals surface area contributed by atoms with Crippen molar-refractivity contribution in [2.24, 2.45) is 0 Å². The van der Waals surface area contributed by atoms with Crippen LogP contribution in [0, 0.1) is 0 Å². The molecule has 0 bridgehead atoms. The molecule has 2 N–H and O–H groups in total. The third kappa shape index (κ3) is 4.85. The van der Waals surface area contributed by atoms with Gasteiger partial charge in [0.1, 0.15) is 16.3 Å². The van der Waals surface area contributed by atoms with Crippen LogP contribution in [0.1, 0.15) is 13.8 Å². The molecule has 0 saturated carbocycles. The minimum atomic E-state index is -1.02. The van der Waals surface area contributed by atoms with Gasteiger partial charge in [-0.25, -0.2) is 9.97 Å². The van der Waals surface area contributed by atoms with Gasteiger partial charge in [-0.3, -0.25) is 9.78 Å². The van der Waals surface area contributed by atoms with Crippen LogP contribution in [0.4, 0.5) is 11.8 Å².